The number of hydrogen-bond donors (Lipinski definition) is 12. The Bertz CT molecular complexity index is 4420. The van der Waals surface area contributed by atoms with E-state index < -0.39 is 167 Å². The Balaban J connectivity index is 0.000000165. The van der Waals surface area contributed by atoms with E-state index in [0.717, 1.165) is 23.9 Å². The lowest BCUT2D eigenvalue weighted by molar-refractivity contribution is -0.236. The molecule has 0 radical (unpaired) electrons. The van der Waals surface area contributed by atoms with Gasteiger partial charge >= 0.3 is 23.2 Å². The molecule has 14 heterocycles. The summed E-state index contributed by atoms with van der Waals surface area (Å²) in [6.45, 7) is -1.91. The highest BCUT2D eigenvalue weighted by molar-refractivity contribution is 7.53. The number of nitrogens with zero attached hydrogens (tertiary/aromatic N) is 13. The van der Waals surface area contributed by atoms with Crippen LogP contribution in [0.25, 0.3) is 44.7 Å². The number of pyridine rings is 1. The van der Waals surface area contributed by atoms with Crippen LogP contribution < -0.4 is 38.9 Å². The Morgan fingerprint density at radius 2 is 0.944 bits per heavy atom. The standard InChI is InChI=1S/C21H26N10O12P2.C21H25N9O13P2/c1-44(35)38-2-7-12(33)14(20(40-7)31-6-27-10-17(31)28-21(23)29-18(10)34)43-45(36,37)39-3-8-11(32)13(42-44)19(41-8)30-5-26-9-15(22)24-4-25-16(9)30;22-7-1-2-24-16-10(7)25-5-29(16)19-13(32)14-9(41-19)4-39-45(36,37)43-15-12(31)8(3-38-44(34,35)42-14)40-20(15)30-6-26-11-17(30)27-21(23)28-18(11)33/h4-8,11-14,19-20,32-33H,2-3H2,1H3,(H,36,37)(H2,22,24,25)(H3,23,28,29,34);1-2,5-6,8-9,12-15,19-20,31-32H,3-4H2,(H2,22,24)(H,34,35)(H,36,37)(H3,23,27,28,33)/p-1. The molecule has 6 fully saturated rings. The van der Waals surface area contributed by atoms with Crippen molar-refractivity contribution in [3.63, 3.8) is 0 Å². The first-order valence-electron chi connectivity index (χ1n) is 26.3. The van der Waals surface area contributed by atoms with Crippen molar-refractivity contribution in [3.8, 4) is 0 Å². The third kappa shape index (κ3) is 11.5. The highest BCUT2D eigenvalue weighted by atomic mass is 31.2. The highest BCUT2D eigenvalue weighted by Gasteiger charge is 2.56. The van der Waals surface area contributed by atoms with Gasteiger partial charge in [-0.3, -0.25) is 69.6 Å². The minimum atomic E-state index is -5.30. The van der Waals surface area contributed by atoms with Crippen molar-refractivity contribution in [2.45, 2.75) is 98.2 Å². The molecular weight excluding hydrogens is 1290 g/mol. The molecule has 8 aromatic rings. The van der Waals surface area contributed by atoms with Crippen molar-refractivity contribution in [1.82, 2.24) is 73.1 Å². The molecule has 6 saturated heterocycles. The molecule has 0 spiro atoms. The Morgan fingerprint density at radius 3 is 1.49 bits per heavy atom. The van der Waals surface area contributed by atoms with E-state index in [1.165, 1.54) is 44.9 Å². The highest BCUT2D eigenvalue weighted by Crippen LogP contribution is 2.56. The summed E-state index contributed by atoms with van der Waals surface area (Å²) in [6, 6.07) is 1.50. The van der Waals surface area contributed by atoms with Gasteiger partial charge in [0.25, 0.3) is 18.9 Å². The third-order valence-electron chi connectivity index (χ3n) is 14.9. The van der Waals surface area contributed by atoms with Crippen molar-refractivity contribution in [3.05, 3.63) is 64.6 Å². The molecule has 6 aliphatic rings. The molecule has 48 heteroatoms. The van der Waals surface area contributed by atoms with Crippen molar-refractivity contribution in [2.75, 3.05) is 56.0 Å². The molecule has 90 heavy (non-hydrogen) atoms. The van der Waals surface area contributed by atoms with Gasteiger partial charge in [0.2, 0.25) is 11.9 Å². The normalized spacial score (nSPS) is 37.7. The van der Waals surface area contributed by atoms with Crippen LogP contribution in [0.4, 0.5) is 23.4 Å². The average Bonchev–Trinajstić information content (AvgIpc) is 1.69. The number of hydrogen-bond acceptors (Lipinski definition) is 36. The maximum atomic E-state index is 13.6. The number of aliphatic hydroxyl groups is 4. The Morgan fingerprint density at radius 1 is 0.511 bits per heavy atom. The first-order chi connectivity index (χ1) is 42.6. The lowest BCUT2D eigenvalue weighted by Crippen LogP contribution is -2.38. The fourth-order valence-corrected chi connectivity index (χ4v) is 14.7. The Kier molecular flexibility index (Phi) is 15.9. The second-order valence-corrected chi connectivity index (χ2v) is 26.9. The lowest BCUT2D eigenvalue weighted by Gasteiger charge is -2.30. The van der Waals surface area contributed by atoms with Gasteiger partial charge in [-0.05, 0) is 6.07 Å². The number of imidazole rings is 4. The zero-order chi connectivity index (χ0) is 63.7. The van der Waals surface area contributed by atoms with Crippen molar-refractivity contribution >= 4 is 99.1 Å². The number of aromatic nitrogens is 15. The number of phosphoric acid groups is 3. The molecule has 16 N–H and O–H groups in total. The number of rotatable bonds is 4. The summed E-state index contributed by atoms with van der Waals surface area (Å²) in [5.41, 5.74) is 22.4. The van der Waals surface area contributed by atoms with Crippen molar-refractivity contribution in [1.29, 1.82) is 0 Å². The molecule has 0 saturated carbocycles. The van der Waals surface area contributed by atoms with E-state index in [2.05, 4.69) is 54.8 Å². The average molecular weight is 1340 g/mol. The van der Waals surface area contributed by atoms with Crippen LogP contribution in [0.1, 0.15) is 24.9 Å². The predicted octanol–water partition coefficient (Wildman–Crippen LogP) is -3.99. The van der Waals surface area contributed by atoms with E-state index in [-0.39, 0.29) is 68.1 Å². The molecular formula is C42H50N19O25P4-. The van der Waals surface area contributed by atoms with Gasteiger partial charge < -0.3 is 90.6 Å². The zero-order valence-electron chi connectivity index (χ0n) is 45.5. The Labute approximate surface area is 498 Å². The summed E-state index contributed by atoms with van der Waals surface area (Å²) in [7, 11) is -19.5. The number of aliphatic hydroxyl groups excluding tert-OH is 4. The van der Waals surface area contributed by atoms with Gasteiger partial charge in [-0.2, -0.15) is 9.97 Å². The van der Waals surface area contributed by atoms with Crippen LogP contribution in [0, 0.1) is 0 Å². The fraction of sp³-hybridized carbons (Fsp3) is 0.500. The number of nitrogen functional groups attached to an aromatic ring is 4. The summed E-state index contributed by atoms with van der Waals surface area (Å²) in [4.78, 5) is 100.0. The summed E-state index contributed by atoms with van der Waals surface area (Å²) in [5.74, 6) is -0.477. The van der Waals surface area contributed by atoms with Crippen LogP contribution >= 0.6 is 31.1 Å². The van der Waals surface area contributed by atoms with Gasteiger partial charge in [0.05, 0.1) is 57.4 Å². The maximum absolute atomic E-state index is 13.6. The molecule has 6 bridgehead atoms. The number of aromatic amines is 2. The van der Waals surface area contributed by atoms with E-state index in [4.69, 9.17) is 78.1 Å². The first-order valence-corrected chi connectivity index (χ1v) is 32.7. The van der Waals surface area contributed by atoms with Crippen LogP contribution in [0.15, 0.2) is 53.5 Å². The third-order valence-corrected chi connectivity index (χ3v) is 19.1. The zero-order valence-corrected chi connectivity index (χ0v) is 49.0. The summed E-state index contributed by atoms with van der Waals surface area (Å²) < 4.78 is 124. The smallest absolute Gasteiger partial charge is 0.472 e. The maximum Gasteiger partial charge on any atom is 0.472 e. The van der Waals surface area contributed by atoms with Crippen LogP contribution in [0.5, 0.6) is 0 Å². The largest absolute Gasteiger partial charge is 0.756 e. The molecule has 0 aromatic carbocycles. The second-order valence-electron chi connectivity index (χ2n) is 20.7. The SMILES string of the molecule is CP1(=O)OCC2OC(n3cnc4c(=O)[nH]c(N)nc43)C(OP(=O)(O)OCC3OC(n4cnc5c(N)ncnc54)C(O1)C3O)C2O.Nc1nc2c(ncn2C2OC3COP(=O)([O-])OC4C(COP(=O)(O)OC2C3O)OC(n2cnc3c(N)ccnc32)C4O)c(=O)[nH]1. The number of fused-ring (bicyclic) bond motifs is 11. The van der Waals surface area contributed by atoms with E-state index >= 15 is 0 Å². The number of phosphoric ester groups is 3. The van der Waals surface area contributed by atoms with Crippen LogP contribution in [-0.4, -0.2) is 210 Å². The molecule has 0 amide bonds. The predicted molar refractivity (Wildman–Crippen MR) is 291 cm³/mol. The van der Waals surface area contributed by atoms with E-state index in [1.807, 2.05) is 0 Å². The molecule has 6 aliphatic heterocycles. The van der Waals surface area contributed by atoms with Gasteiger partial charge in [0, 0.05) is 12.9 Å². The summed E-state index contributed by atoms with van der Waals surface area (Å²) in [6.07, 6.45) is -17.2. The van der Waals surface area contributed by atoms with Crippen LogP contribution in [-0.2, 0) is 73.4 Å². The van der Waals surface area contributed by atoms with Gasteiger partial charge in [-0.1, -0.05) is 0 Å². The molecule has 20 unspecified atom stereocenters. The van der Waals surface area contributed by atoms with Gasteiger partial charge in [-0.25, -0.2) is 44.0 Å². The van der Waals surface area contributed by atoms with E-state index in [0.29, 0.717) is 0 Å². The van der Waals surface area contributed by atoms with Crippen molar-refractivity contribution in [2.24, 2.45) is 0 Å². The number of ether oxygens (including phenoxy) is 4. The van der Waals surface area contributed by atoms with Crippen molar-refractivity contribution < 1.29 is 109 Å². The minimum absolute atomic E-state index is 0.0672. The van der Waals surface area contributed by atoms with E-state index in [9.17, 15) is 63.0 Å². The van der Waals surface area contributed by atoms with Gasteiger partial charge in [0.1, 0.15) is 90.6 Å². The molecule has 0 aliphatic carbocycles. The van der Waals surface area contributed by atoms with Crippen LogP contribution in [0.2, 0.25) is 0 Å². The van der Waals surface area contributed by atoms with E-state index in [1.54, 1.807) is 0 Å². The summed E-state index contributed by atoms with van der Waals surface area (Å²) >= 11 is 0. The fourth-order valence-electron chi connectivity index (χ4n) is 10.8. The molecule has 14 rings (SSSR count). The second kappa shape index (κ2) is 23.1. The number of nitrogens with two attached hydrogens (primary N) is 4. The summed E-state index contributed by atoms with van der Waals surface area (Å²) in [5, 5.41) is 44.4. The molecule has 44 nitrogen and oxygen atoms in total. The molecule has 8 aromatic heterocycles. The number of anilines is 4. The number of H-pyrrole nitrogens is 2. The lowest BCUT2D eigenvalue weighted by atomic mass is 10.1. The minimum Gasteiger partial charge on any atom is -0.756 e. The molecule has 20 atom stereocenters. The topological polar surface area (TPSA) is 629 Å². The Hall–Kier alpha value is -6.77. The molecule has 484 valence electrons. The van der Waals surface area contributed by atoms with Gasteiger partial charge in [0.15, 0.2) is 64.4 Å². The number of nitrogens with one attached hydrogen (secondary N) is 2. The van der Waals surface area contributed by atoms with Gasteiger partial charge in [-0.15, -0.1) is 0 Å². The monoisotopic (exact) mass is 1340 g/mol. The van der Waals surface area contributed by atoms with Crippen LogP contribution in [0.3, 0.4) is 0 Å². The quantitative estimate of drug-likeness (QED) is 0.0748. The first kappa shape index (κ1) is 62.1.